The van der Waals surface area contributed by atoms with Gasteiger partial charge < -0.3 is 92.5 Å². The van der Waals surface area contributed by atoms with Crippen molar-refractivity contribution in [3.05, 3.63) is 71.8 Å². The number of hydrogen-bond donors (Lipinski definition) is 15. The summed E-state index contributed by atoms with van der Waals surface area (Å²) in [5, 5.41) is 21.1. The third kappa shape index (κ3) is 27.5. The third-order valence-electron chi connectivity index (χ3n) is 16.0. The Morgan fingerprint density at radius 1 is 0.537 bits per heavy atom. The van der Waals surface area contributed by atoms with Crippen molar-refractivity contribution < 1.29 is 62.3 Å². The molecule has 2 aliphatic heterocycles. The fraction of sp³-hybridized carbons (Fsp3) is 0.587. The molecule has 32 heteroatoms. The summed E-state index contributed by atoms with van der Waals surface area (Å²) in [7, 11) is 0. The topological polar surface area (TPSA) is 519 Å². The number of nitrogens with two attached hydrogens (primary N) is 7. The lowest BCUT2D eigenvalue weighted by Gasteiger charge is -2.32. The fourth-order valence-corrected chi connectivity index (χ4v) is 11.5. The Morgan fingerprint density at radius 2 is 1.01 bits per heavy atom. The van der Waals surface area contributed by atoms with E-state index < -0.39 is 169 Å². The molecule has 0 saturated carbocycles. The molecule has 95 heavy (non-hydrogen) atoms. The van der Waals surface area contributed by atoms with Gasteiger partial charge in [-0.3, -0.25) is 67.3 Å². The van der Waals surface area contributed by atoms with Crippen LogP contribution in [0.25, 0.3) is 0 Å². The van der Waals surface area contributed by atoms with Crippen molar-refractivity contribution in [1.82, 2.24) is 52.3 Å². The maximum atomic E-state index is 14.7. The summed E-state index contributed by atoms with van der Waals surface area (Å²) in [5.74, 6) is -9.80. The van der Waals surface area contributed by atoms with Gasteiger partial charge in [0, 0.05) is 45.3 Å². The number of nitrogens with one attached hydrogen (secondary N) is 8. The normalized spacial score (nSPS) is 16.8. The maximum absolute atomic E-state index is 14.7. The highest BCUT2D eigenvalue weighted by Gasteiger charge is 2.42. The molecule has 524 valence electrons. The monoisotopic (exact) mass is 1350 g/mol. The second-order valence-electron chi connectivity index (χ2n) is 24.1. The van der Waals surface area contributed by atoms with Crippen LogP contribution in [-0.4, -0.2) is 198 Å². The molecule has 4 rings (SSSR count). The number of thioether (sulfide) groups is 1. The molecule has 13 amide bonds. The van der Waals surface area contributed by atoms with Crippen molar-refractivity contribution in [3.8, 4) is 0 Å². The molecule has 2 fully saturated rings. The Hall–Kier alpha value is -8.91. The summed E-state index contributed by atoms with van der Waals surface area (Å²) in [6, 6.07) is 4.51. The van der Waals surface area contributed by atoms with E-state index in [1.165, 1.54) is 21.6 Å². The van der Waals surface area contributed by atoms with Crippen LogP contribution < -0.4 is 82.7 Å². The van der Waals surface area contributed by atoms with E-state index in [1.807, 2.05) is 20.1 Å². The molecule has 31 nitrogen and oxygen atoms in total. The molecule has 2 aromatic rings. The van der Waals surface area contributed by atoms with Gasteiger partial charge in [0.25, 0.3) is 0 Å². The number of unbranched alkanes of at least 4 members (excludes halogenated alkanes) is 1. The summed E-state index contributed by atoms with van der Waals surface area (Å²) in [6.45, 7) is 3.86. The predicted octanol–water partition coefficient (Wildman–Crippen LogP) is -3.71. The molecule has 0 radical (unpaired) electrons. The van der Waals surface area contributed by atoms with Crippen molar-refractivity contribution in [2.24, 2.45) is 51.0 Å². The number of amides is 13. The van der Waals surface area contributed by atoms with E-state index in [2.05, 4.69) is 47.5 Å². The van der Waals surface area contributed by atoms with Gasteiger partial charge in [-0.15, -0.1) is 0 Å². The van der Waals surface area contributed by atoms with Crippen LogP contribution in [0, 0.1) is 5.92 Å². The Balaban J connectivity index is 1.56. The van der Waals surface area contributed by atoms with Crippen LogP contribution in [0.1, 0.15) is 121 Å². The summed E-state index contributed by atoms with van der Waals surface area (Å²) in [4.78, 5) is 185. The Bertz CT molecular complexity index is 2960. The molecular weight excluding hydrogens is 1250 g/mol. The molecule has 0 spiro atoms. The van der Waals surface area contributed by atoms with Crippen LogP contribution in [0.15, 0.2) is 65.7 Å². The quantitative estimate of drug-likeness (QED) is 0.0173. The minimum Gasteiger partial charge on any atom is -0.370 e. The first-order valence-electron chi connectivity index (χ1n) is 32.2. The Kier molecular flexibility index (Phi) is 33.9. The van der Waals surface area contributed by atoms with Crippen LogP contribution in [-0.2, 0) is 75.2 Å². The Labute approximate surface area is 558 Å². The fourth-order valence-electron chi connectivity index (χ4n) is 11.0. The maximum Gasteiger partial charge on any atom is 0.245 e. The van der Waals surface area contributed by atoms with Gasteiger partial charge in [0.1, 0.15) is 54.4 Å². The van der Waals surface area contributed by atoms with E-state index in [4.69, 9.17) is 40.1 Å². The van der Waals surface area contributed by atoms with Crippen molar-refractivity contribution in [1.29, 1.82) is 0 Å². The van der Waals surface area contributed by atoms with Gasteiger partial charge in [-0.1, -0.05) is 74.5 Å². The number of hydrogen-bond acceptors (Lipinski definition) is 17. The number of rotatable bonds is 42. The van der Waals surface area contributed by atoms with Gasteiger partial charge in [-0.25, -0.2) is 0 Å². The van der Waals surface area contributed by atoms with E-state index >= 15 is 0 Å². The molecule has 2 aliphatic rings. The zero-order valence-electron chi connectivity index (χ0n) is 54.5. The molecule has 2 aromatic carbocycles. The smallest absolute Gasteiger partial charge is 0.245 e. The molecular formula is C63H98N18O13S. The molecule has 10 atom stereocenters. The molecule has 2 saturated heterocycles. The average Bonchev–Trinajstić information content (AvgIpc) is 1.74. The summed E-state index contributed by atoms with van der Waals surface area (Å²) >= 11 is 1.45. The number of likely N-dealkylation sites (tertiary alicyclic amines) is 2. The van der Waals surface area contributed by atoms with E-state index in [9.17, 15) is 62.3 Å². The first-order chi connectivity index (χ1) is 45.2. The summed E-state index contributed by atoms with van der Waals surface area (Å²) in [6.07, 6.45) is 3.12. The molecule has 22 N–H and O–H groups in total. The SMILES string of the molecule is CSCC[C@H](NC(=O)[C@H](CC(C)C)NC(=O)CNC(=O)[C@H](Cc1ccccc1)NC(=O)[C@H](Cc1ccccc1)NC(=O)[C@H](CCC(N)=O)NC(=O)[C@@H](CCC(N)=O)NC(=O)[C@H]1CCCN1C(=O)[C@@H](CCCCN)NC(=O)[C@@H]1CCCN1C(=O)[C@H](N)CCCN=C(N)N)C(N)=O. The zero-order valence-corrected chi connectivity index (χ0v) is 55.3. The highest BCUT2D eigenvalue weighted by molar-refractivity contribution is 7.98. The number of carbonyl (C=O) groups excluding carboxylic acids is 13. The minimum absolute atomic E-state index is 0.0736. The van der Waals surface area contributed by atoms with E-state index in [0.717, 1.165) is 0 Å². The molecule has 0 aliphatic carbocycles. The number of nitrogens with zero attached hydrogens (tertiary/aromatic N) is 3. The van der Waals surface area contributed by atoms with Crippen molar-refractivity contribution in [3.63, 3.8) is 0 Å². The van der Waals surface area contributed by atoms with Crippen molar-refractivity contribution in [2.75, 3.05) is 44.7 Å². The van der Waals surface area contributed by atoms with E-state index in [0.29, 0.717) is 55.4 Å². The number of guanidine groups is 1. The molecule has 0 bridgehead atoms. The summed E-state index contributed by atoms with van der Waals surface area (Å²) in [5.41, 5.74) is 40.6. The van der Waals surface area contributed by atoms with Crippen LogP contribution in [0.4, 0.5) is 0 Å². The second kappa shape index (κ2) is 41.0. The lowest BCUT2D eigenvalue weighted by Crippen LogP contribution is -2.60. The van der Waals surface area contributed by atoms with Crippen LogP contribution in [0.2, 0.25) is 0 Å². The highest BCUT2D eigenvalue weighted by atomic mass is 32.2. The number of aliphatic imine (C=N–C) groups is 1. The van der Waals surface area contributed by atoms with Crippen molar-refractivity contribution in [2.45, 2.75) is 183 Å². The standard InChI is InChI=1S/C63H98N18O13S/c1-37(2)33-45(57(89)74-41(53(68)85)27-32-95-3)73-52(84)36-72-54(86)46(34-38-15-6-4-7-16-38)78-58(90)47(35-39-17-8-5-9-18-39)79-56(88)42(23-25-50(66)82)75-55(87)43(24-26-51(67)83)76-59(91)49-22-14-31-81(49)62(94)44(20-10-11-28-64)77-60(92)48-21-13-30-80(48)61(93)40(65)19-12-29-71-63(69)70/h4-9,15-18,37,40-49H,10-14,19-36,64-65H2,1-3H3,(H2,66,82)(H2,67,83)(H2,68,85)(H,72,86)(H,73,84)(H,74,89)(H,75,87)(H,76,91)(H,77,92)(H,78,90)(H,79,88)(H4,69,70,71)/t40-,41+,42+,43-,44-,45+,46+,47+,48+,49-/m1/s1. The van der Waals surface area contributed by atoms with Crippen LogP contribution in [0.3, 0.4) is 0 Å². The number of carbonyl (C=O) groups is 13. The van der Waals surface area contributed by atoms with Gasteiger partial charge in [0.2, 0.25) is 76.8 Å². The van der Waals surface area contributed by atoms with E-state index in [-0.39, 0.29) is 83.0 Å². The molecule has 0 unspecified atom stereocenters. The predicted molar refractivity (Wildman–Crippen MR) is 356 cm³/mol. The van der Waals surface area contributed by atoms with Crippen LogP contribution in [0.5, 0.6) is 0 Å². The second-order valence-corrected chi connectivity index (χ2v) is 25.1. The zero-order chi connectivity index (χ0) is 70.1. The average molecular weight is 1350 g/mol. The molecule has 0 aromatic heterocycles. The van der Waals surface area contributed by atoms with Gasteiger partial charge in [-0.2, -0.15) is 11.8 Å². The van der Waals surface area contributed by atoms with E-state index in [1.54, 1.807) is 60.7 Å². The highest BCUT2D eigenvalue weighted by Crippen LogP contribution is 2.24. The third-order valence-corrected chi connectivity index (χ3v) is 16.7. The van der Waals surface area contributed by atoms with Gasteiger partial charge in [-0.05, 0) is 119 Å². The lowest BCUT2D eigenvalue weighted by atomic mass is 10.0. The lowest BCUT2D eigenvalue weighted by molar-refractivity contribution is -0.144. The first-order valence-corrected chi connectivity index (χ1v) is 33.6. The van der Waals surface area contributed by atoms with Gasteiger partial charge >= 0.3 is 0 Å². The minimum atomic E-state index is -1.64. The largest absolute Gasteiger partial charge is 0.370 e. The van der Waals surface area contributed by atoms with Gasteiger partial charge in [0.05, 0.1) is 12.6 Å². The van der Waals surface area contributed by atoms with Gasteiger partial charge in [0.15, 0.2) is 5.96 Å². The Morgan fingerprint density at radius 3 is 1.51 bits per heavy atom. The summed E-state index contributed by atoms with van der Waals surface area (Å²) < 4.78 is 0. The van der Waals surface area contributed by atoms with Crippen LogP contribution >= 0.6 is 11.8 Å². The van der Waals surface area contributed by atoms with Crippen molar-refractivity contribution >= 4 is 94.5 Å². The first kappa shape index (κ1) is 78.5. The number of benzene rings is 2. The number of primary amides is 3. The molecule has 2 heterocycles.